The van der Waals surface area contributed by atoms with E-state index in [0.29, 0.717) is 45.8 Å². The van der Waals surface area contributed by atoms with Crippen molar-refractivity contribution in [2.24, 2.45) is 28.0 Å². The van der Waals surface area contributed by atoms with E-state index >= 15 is 0 Å². The average Bonchev–Trinajstić information content (AvgIpc) is 3.31. The fourth-order valence-corrected chi connectivity index (χ4v) is 7.30. The standard InChI is InChI=1S/C37H32N4O5/c1-20-17-31(43)30-19-29-27(32(34(30)35(20)44)21-5-4-6-26(42)18-21)15-16-28-33(29)37(46)41(36(28)45)25-13-9-23(10-14-25)39-38-22-7-11-24(12-8-22)40(2)3/h4-15,17-18,28-29,32-33,42H,16,19H2,1-3H3. The van der Waals surface area contributed by atoms with Crippen molar-refractivity contribution >= 4 is 46.1 Å². The molecule has 7 rings (SSSR count). The van der Waals surface area contributed by atoms with Crippen molar-refractivity contribution in [1.29, 1.82) is 0 Å². The van der Waals surface area contributed by atoms with E-state index in [1.54, 1.807) is 49.4 Å². The van der Waals surface area contributed by atoms with E-state index in [9.17, 15) is 24.3 Å². The highest BCUT2D eigenvalue weighted by molar-refractivity contribution is 6.25. The fourth-order valence-electron chi connectivity index (χ4n) is 7.30. The number of Topliss-reactive ketones (excluding diaryl/α,β-unsaturated/α-hetero) is 1. The van der Waals surface area contributed by atoms with Crippen LogP contribution in [-0.4, -0.2) is 42.6 Å². The lowest BCUT2D eigenvalue weighted by atomic mass is 9.59. The van der Waals surface area contributed by atoms with Crippen molar-refractivity contribution in [3.8, 4) is 5.75 Å². The van der Waals surface area contributed by atoms with Crippen molar-refractivity contribution < 1.29 is 24.3 Å². The van der Waals surface area contributed by atoms with Crippen LogP contribution in [0.5, 0.6) is 5.75 Å². The number of amides is 2. The van der Waals surface area contributed by atoms with E-state index in [-0.39, 0.29) is 35.6 Å². The molecule has 0 bridgehead atoms. The number of nitrogens with zero attached hydrogens (tertiary/aromatic N) is 4. The number of azo groups is 1. The number of benzene rings is 3. The lowest BCUT2D eigenvalue weighted by Gasteiger charge is -2.42. The summed E-state index contributed by atoms with van der Waals surface area (Å²) in [5.41, 5.74) is 5.45. The van der Waals surface area contributed by atoms with E-state index in [2.05, 4.69) is 10.2 Å². The summed E-state index contributed by atoms with van der Waals surface area (Å²) in [5, 5.41) is 18.9. The minimum Gasteiger partial charge on any atom is -0.508 e. The number of carbonyl (C=O) groups is 4. The lowest BCUT2D eigenvalue weighted by Crippen LogP contribution is -2.39. The Hall–Kier alpha value is -5.44. The van der Waals surface area contributed by atoms with Crippen LogP contribution in [0.15, 0.2) is 117 Å². The molecule has 0 spiro atoms. The molecule has 9 nitrogen and oxygen atoms in total. The summed E-state index contributed by atoms with van der Waals surface area (Å²) < 4.78 is 0. The van der Waals surface area contributed by atoms with Crippen molar-refractivity contribution in [3.05, 3.63) is 113 Å². The van der Waals surface area contributed by atoms with Crippen LogP contribution < -0.4 is 9.80 Å². The van der Waals surface area contributed by atoms with Crippen molar-refractivity contribution in [2.45, 2.75) is 25.7 Å². The van der Waals surface area contributed by atoms with Gasteiger partial charge in [-0.1, -0.05) is 23.8 Å². The van der Waals surface area contributed by atoms with Crippen molar-refractivity contribution in [3.63, 3.8) is 0 Å². The van der Waals surface area contributed by atoms with Crippen LogP contribution in [0.4, 0.5) is 22.7 Å². The predicted molar refractivity (Wildman–Crippen MR) is 173 cm³/mol. The summed E-state index contributed by atoms with van der Waals surface area (Å²) in [7, 11) is 3.93. The number of rotatable bonds is 5. The van der Waals surface area contributed by atoms with Crippen LogP contribution in [0, 0.1) is 17.8 Å². The molecule has 0 radical (unpaired) electrons. The molecule has 1 heterocycles. The molecule has 4 unspecified atom stereocenters. The second kappa shape index (κ2) is 11.2. The number of anilines is 2. The highest BCUT2D eigenvalue weighted by atomic mass is 16.3. The molecule has 2 amide bonds. The average molecular weight is 613 g/mol. The number of ketones is 2. The van der Waals surface area contributed by atoms with Crippen LogP contribution in [-0.2, 0) is 19.2 Å². The number of imide groups is 1. The second-order valence-corrected chi connectivity index (χ2v) is 12.5. The van der Waals surface area contributed by atoms with Gasteiger partial charge in [0.15, 0.2) is 11.6 Å². The maximum atomic E-state index is 14.1. The molecular formula is C37H32N4O5. The number of phenolic OH excluding ortho intramolecular Hbond substituents is 1. The van der Waals surface area contributed by atoms with Crippen LogP contribution in [0.3, 0.4) is 0 Å². The molecule has 1 N–H and O–H groups in total. The van der Waals surface area contributed by atoms with E-state index in [4.69, 9.17) is 0 Å². The zero-order valence-electron chi connectivity index (χ0n) is 25.7. The summed E-state index contributed by atoms with van der Waals surface area (Å²) >= 11 is 0. The number of hydrogen-bond donors (Lipinski definition) is 1. The van der Waals surface area contributed by atoms with E-state index in [1.807, 2.05) is 55.4 Å². The molecular weight excluding hydrogens is 580 g/mol. The molecule has 3 aromatic carbocycles. The Morgan fingerprint density at radius 2 is 1.52 bits per heavy atom. The molecule has 9 heteroatoms. The van der Waals surface area contributed by atoms with Gasteiger partial charge in [-0.2, -0.15) is 10.2 Å². The van der Waals surface area contributed by atoms with Crippen LogP contribution in [0.2, 0.25) is 0 Å². The lowest BCUT2D eigenvalue weighted by molar-refractivity contribution is -0.123. The highest BCUT2D eigenvalue weighted by Gasteiger charge is 2.56. The van der Waals surface area contributed by atoms with Gasteiger partial charge in [0.05, 0.1) is 28.9 Å². The summed E-state index contributed by atoms with van der Waals surface area (Å²) in [6.07, 6.45) is 3.87. The Kier molecular flexibility index (Phi) is 7.11. The first-order valence-corrected chi connectivity index (χ1v) is 15.3. The molecule has 0 aromatic heterocycles. The Bertz CT molecular complexity index is 1930. The van der Waals surface area contributed by atoms with E-state index in [0.717, 1.165) is 11.3 Å². The van der Waals surface area contributed by atoms with Gasteiger partial charge in [0.1, 0.15) is 5.75 Å². The first-order chi connectivity index (χ1) is 22.1. The second-order valence-electron chi connectivity index (χ2n) is 12.5. The SMILES string of the molecule is CC1=CC(=O)C2=C(C1=O)C(c1cccc(O)c1)C1=CCC3C(=O)N(c4ccc(N=Nc5ccc(N(C)C)cc5)cc4)C(=O)C3C1C2. The molecule has 3 aromatic rings. The molecule has 230 valence electrons. The van der Waals surface area contributed by atoms with Gasteiger partial charge in [0.2, 0.25) is 11.8 Å². The minimum absolute atomic E-state index is 0.0430. The predicted octanol–water partition coefficient (Wildman–Crippen LogP) is 6.51. The number of allylic oxidation sites excluding steroid dienone is 6. The summed E-state index contributed by atoms with van der Waals surface area (Å²) in [4.78, 5) is 58.0. The van der Waals surface area contributed by atoms with E-state index in [1.165, 1.54) is 11.0 Å². The van der Waals surface area contributed by atoms with Gasteiger partial charge >= 0.3 is 0 Å². The number of aromatic hydroxyl groups is 1. The van der Waals surface area contributed by atoms with Gasteiger partial charge in [-0.15, -0.1) is 0 Å². The van der Waals surface area contributed by atoms with Gasteiger partial charge in [-0.05, 0) is 98.0 Å². The Labute approximate surface area is 266 Å². The molecule has 0 saturated carbocycles. The number of phenols is 1. The zero-order chi connectivity index (χ0) is 32.3. The summed E-state index contributed by atoms with van der Waals surface area (Å²) in [6.45, 7) is 1.63. The highest BCUT2D eigenvalue weighted by Crippen LogP contribution is 2.55. The molecule has 1 aliphatic heterocycles. The van der Waals surface area contributed by atoms with Gasteiger partial charge in [0.25, 0.3) is 0 Å². The third-order valence-corrected chi connectivity index (χ3v) is 9.52. The van der Waals surface area contributed by atoms with Crippen LogP contribution in [0.25, 0.3) is 0 Å². The maximum absolute atomic E-state index is 14.1. The third-order valence-electron chi connectivity index (χ3n) is 9.52. The quantitative estimate of drug-likeness (QED) is 0.152. The van der Waals surface area contributed by atoms with Crippen molar-refractivity contribution in [2.75, 3.05) is 23.9 Å². The minimum atomic E-state index is -0.680. The van der Waals surface area contributed by atoms with Gasteiger partial charge in [-0.3, -0.25) is 24.1 Å². The van der Waals surface area contributed by atoms with E-state index < -0.39 is 23.7 Å². The maximum Gasteiger partial charge on any atom is 0.238 e. The smallest absolute Gasteiger partial charge is 0.238 e. The monoisotopic (exact) mass is 612 g/mol. The van der Waals surface area contributed by atoms with Crippen LogP contribution in [0.1, 0.15) is 31.2 Å². The number of hydrogen-bond acceptors (Lipinski definition) is 8. The largest absolute Gasteiger partial charge is 0.508 e. The summed E-state index contributed by atoms with van der Waals surface area (Å²) in [5.74, 6) is -3.30. The number of carbonyl (C=O) groups excluding carboxylic acids is 4. The summed E-state index contributed by atoms with van der Waals surface area (Å²) in [6, 6.07) is 21.2. The normalized spacial score (nSPS) is 24.1. The molecule has 46 heavy (non-hydrogen) atoms. The first kappa shape index (κ1) is 29.3. The molecule has 1 fully saturated rings. The van der Waals surface area contributed by atoms with Gasteiger partial charge < -0.3 is 10.0 Å². The first-order valence-electron chi connectivity index (χ1n) is 15.3. The van der Waals surface area contributed by atoms with Gasteiger partial charge in [0, 0.05) is 42.4 Å². The molecule has 4 atom stereocenters. The topological polar surface area (TPSA) is 120 Å². The van der Waals surface area contributed by atoms with Gasteiger partial charge in [-0.25, -0.2) is 0 Å². The Morgan fingerprint density at radius 3 is 2.17 bits per heavy atom. The molecule has 4 aliphatic rings. The van der Waals surface area contributed by atoms with Crippen LogP contribution >= 0.6 is 0 Å². The molecule has 3 aliphatic carbocycles. The molecule has 1 saturated heterocycles. The number of fused-ring (bicyclic) bond motifs is 3. The van der Waals surface area contributed by atoms with Crippen molar-refractivity contribution in [1.82, 2.24) is 0 Å². The Balaban J connectivity index is 1.19. The zero-order valence-corrected chi connectivity index (χ0v) is 25.7. The third kappa shape index (κ3) is 4.79. The fraction of sp³-hybridized carbons (Fsp3) is 0.243. The Morgan fingerprint density at radius 1 is 0.848 bits per heavy atom.